The number of rotatable bonds is 7. The molecule has 0 fully saturated rings. The van der Waals surface area contributed by atoms with Crippen molar-refractivity contribution < 1.29 is 19.5 Å². The minimum absolute atomic E-state index is 0.0957. The van der Waals surface area contributed by atoms with Crippen LogP contribution in [0.4, 0.5) is 0 Å². The Hall–Kier alpha value is -3.41. The average Bonchev–Trinajstić information content (AvgIpc) is 2.68. The third kappa shape index (κ3) is 5.54. The number of phenolic OH excluding ortho intramolecular Hbond substituents is 1. The third-order valence-electron chi connectivity index (χ3n) is 4.16. The van der Waals surface area contributed by atoms with E-state index in [1.165, 1.54) is 6.08 Å². The Labute approximate surface area is 164 Å². The Morgan fingerprint density at radius 2 is 1.54 bits per heavy atom. The molecule has 0 unspecified atom stereocenters. The summed E-state index contributed by atoms with van der Waals surface area (Å²) in [5.74, 6) is -0.578. The van der Waals surface area contributed by atoms with Crippen LogP contribution in [-0.2, 0) is 4.79 Å². The first-order valence-corrected chi connectivity index (χ1v) is 8.99. The summed E-state index contributed by atoms with van der Waals surface area (Å²) in [6.45, 7) is 5.81. The van der Waals surface area contributed by atoms with E-state index in [-0.39, 0.29) is 29.9 Å². The predicted octanol–water partition coefficient (Wildman–Crippen LogP) is 2.77. The van der Waals surface area contributed by atoms with Crippen molar-refractivity contribution in [2.24, 2.45) is 0 Å². The molecule has 0 aromatic heterocycles. The zero-order valence-electron chi connectivity index (χ0n) is 16.2. The van der Waals surface area contributed by atoms with Gasteiger partial charge in [-0.05, 0) is 67.8 Å². The van der Waals surface area contributed by atoms with Crippen LogP contribution < -0.4 is 10.6 Å². The molecule has 6 nitrogen and oxygen atoms in total. The average molecular weight is 380 g/mol. The maximum absolute atomic E-state index is 12.3. The van der Waals surface area contributed by atoms with Crippen LogP contribution in [0, 0.1) is 13.8 Å². The van der Waals surface area contributed by atoms with Gasteiger partial charge in [-0.1, -0.05) is 18.2 Å². The Morgan fingerprint density at radius 1 is 0.964 bits per heavy atom. The second-order valence-corrected chi connectivity index (χ2v) is 6.41. The van der Waals surface area contributed by atoms with Crippen LogP contribution in [0.15, 0.2) is 42.5 Å². The zero-order valence-corrected chi connectivity index (χ0v) is 16.2. The summed E-state index contributed by atoms with van der Waals surface area (Å²) in [7, 11) is 0. The second-order valence-electron chi connectivity index (χ2n) is 6.41. The van der Waals surface area contributed by atoms with Crippen LogP contribution >= 0.6 is 0 Å². The monoisotopic (exact) mass is 380 g/mol. The molecule has 6 heteroatoms. The number of amides is 2. The molecule has 0 saturated carbocycles. The third-order valence-corrected chi connectivity index (χ3v) is 4.16. The first-order chi connectivity index (χ1) is 13.3. The van der Waals surface area contributed by atoms with Gasteiger partial charge in [0.05, 0.1) is 6.54 Å². The van der Waals surface area contributed by atoms with Gasteiger partial charge in [0.15, 0.2) is 5.78 Å². The minimum Gasteiger partial charge on any atom is -0.507 e. The van der Waals surface area contributed by atoms with Gasteiger partial charge < -0.3 is 15.7 Å². The Morgan fingerprint density at radius 3 is 2.11 bits per heavy atom. The van der Waals surface area contributed by atoms with Crippen LogP contribution in [0.1, 0.15) is 44.3 Å². The molecule has 0 saturated heterocycles. The molecule has 0 heterocycles. The molecule has 0 aliphatic carbocycles. The SMILES string of the molecule is CCNC(=O)CNC(=O)c1ccc(C(=O)/C=C/c2cc(C)c(O)c(C)c2)cc1. The maximum Gasteiger partial charge on any atom is 0.251 e. The number of benzene rings is 2. The topological polar surface area (TPSA) is 95.5 Å². The fourth-order valence-corrected chi connectivity index (χ4v) is 2.66. The van der Waals surface area contributed by atoms with Crippen molar-refractivity contribution in [1.82, 2.24) is 10.6 Å². The molecule has 2 rings (SSSR count). The normalized spacial score (nSPS) is 10.7. The van der Waals surface area contributed by atoms with Crippen molar-refractivity contribution in [1.29, 1.82) is 0 Å². The first-order valence-electron chi connectivity index (χ1n) is 8.99. The van der Waals surface area contributed by atoms with Crippen molar-refractivity contribution in [3.63, 3.8) is 0 Å². The van der Waals surface area contributed by atoms with Crippen LogP contribution in [0.5, 0.6) is 5.75 Å². The van der Waals surface area contributed by atoms with Gasteiger partial charge in [-0.2, -0.15) is 0 Å². The van der Waals surface area contributed by atoms with Gasteiger partial charge in [-0.3, -0.25) is 14.4 Å². The first kappa shape index (κ1) is 20.9. The number of hydrogen-bond acceptors (Lipinski definition) is 4. The van der Waals surface area contributed by atoms with Crippen molar-refractivity contribution in [3.05, 3.63) is 70.3 Å². The Balaban J connectivity index is 2.01. The quantitative estimate of drug-likeness (QED) is 0.508. The van der Waals surface area contributed by atoms with E-state index in [1.807, 2.05) is 0 Å². The number of nitrogens with one attached hydrogen (secondary N) is 2. The van der Waals surface area contributed by atoms with E-state index < -0.39 is 0 Å². The highest BCUT2D eigenvalue weighted by atomic mass is 16.3. The summed E-state index contributed by atoms with van der Waals surface area (Å²) in [5.41, 5.74) is 3.13. The molecule has 0 atom stereocenters. The van der Waals surface area contributed by atoms with E-state index >= 15 is 0 Å². The number of hydrogen-bond donors (Lipinski definition) is 3. The molecular formula is C22H24N2O4. The molecule has 2 aromatic carbocycles. The molecular weight excluding hydrogens is 356 g/mol. The molecule has 0 aliphatic heterocycles. The van der Waals surface area contributed by atoms with Gasteiger partial charge in [0.25, 0.3) is 5.91 Å². The van der Waals surface area contributed by atoms with Crippen molar-refractivity contribution in [2.45, 2.75) is 20.8 Å². The Bertz CT molecular complexity index is 892. The van der Waals surface area contributed by atoms with Gasteiger partial charge in [-0.25, -0.2) is 0 Å². The number of carbonyl (C=O) groups excluding carboxylic acids is 3. The lowest BCUT2D eigenvalue weighted by molar-refractivity contribution is -0.120. The standard InChI is InChI=1S/C22H24N2O4/c1-4-23-20(26)13-24-22(28)18-8-6-17(7-9-18)19(25)10-5-16-11-14(2)21(27)15(3)12-16/h5-12,27H,4,13H2,1-3H3,(H,23,26)(H,24,28)/b10-5+. The molecule has 0 radical (unpaired) electrons. The fraction of sp³-hybridized carbons (Fsp3) is 0.227. The predicted molar refractivity (Wildman–Crippen MR) is 108 cm³/mol. The van der Waals surface area contributed by atoms with Gasteiger partial charge in [0, 0.05) is 17.7 Å². The summed E-state index contributed by atoms with van der Waals surface area (Å²) >= 11 is 0. The molecule has 0 aliphatic rings. The summed E-state index contributed by atoms with van der Waals surface area (Å²) in [5, 5.41) is 14.9. The summed E-state index contributed by atoms with van der Waals surface area (Å²) < 4.78 is 0. The largest absolute Gasteiger partial charge is 0.507 e. The van der Waals surface area contributed by atoms with Crippen LogP contribution in [-0.4, -0.2) is 35.8 Å². The molecule has 0 spiro atoms. The number of aromatic hydroxyl groups is 1. The number of likely N-dealkylation sites (N-methyl/N-ethyl adjacent to an activating group) is 1. The van der Waals surface area contributed by atoms with E-state index in [9.17, 15) is 19.5 Å². The highest BCUT2D eigenvalue weighted by Gasteiger charge is 2.09. The molecule has 3 N–H and O–H groups in total. The number of allylic oxidation sites excluding steroid dienone is 1. The second kappa shape index (κ2) is 9.50. The van der Waals surface area contributed by atoms with Gasteiger partial charge >= 0.3 is 0 Å². The highest BCUT2D eigenvalue weighted by molar-refractivity contribution is 6.07. The maximum atomic E-state index is 12.3. The summed E-state index contributed by atoms with van der Waals surface area (Å²) in [4.78, 5) is 35.7. The molecule has 28 heavy (non-hydrogen) atoms. The summed E-state index contributed by atoms with van der Waals surface area (Å²) in [6, 6.07) is 9.83. The van der Waals surface area contributed by atoms with E-state index in [0.29, 0.717) is 17.7 Å². The van der Waals surface area contributed by atoms with Gasteiger partial charge in [-0.15, -0.1) is 0 Å². The molecule has 0 bridgehead atoms. The summed E-state index contributed by atoms with van der Waals surface area (Å²) in [6.07, 6.45) is 3.14. The number of aryl methyl sites for hydroxylation is 2. The van der Waals surface area contributed by atoms with Crippen molar-refractivity contribution >= 4 is 23.7 Å². The lowest BCUT2D eigenvalue weighted by Gasteiger charge is -2.06. The van der Waals surface area contributed by atoms with Crippen molar-refractivity contribution in [2.75, 3.05) is 13.1 Å². The van der Waals surface area contributed by atoms with E-state index in [0.717, 1.165) is 16.7 Å². The highest BCUT2D eigenvalue weighted by Crippen LogP contribution is 2.23. The fourth-order valence-electron chi connectivity index (χ4n) is 2.66. The smallest absolute Gasteiger partial charge is 0.251 e. The van der Waals surface area contributed by atoms with E-state index in [4.69, 9.17) is 0 Å². The number of phenols is 1. The minimum atomic E-state index is -0.379. The van der Waals surface area contributed by atoms with E-state index in [1.54, 1.807) is 63.2 Å². The van der Waals surface area contributed by atoms with Gasteiger partial charge in [0.1, 0.15) is 5.75 Å². The molecule has 2 aromatic rings. The lowest BCUT2D eigenvalue weighted by atomic mass is 10.0. The van der Waals surface area contributed by atoms with Gasteiger partial charge in [0.2, 0.25) is 5.91 Å². The Kier molecular flexibility index (Phi) is 7.09. The van der Waals surface area contributed by atoms with E-state index in [2.05, 4.69) is 10.6 Å². The lowest BCUT2D eigenvalue weighted by Crippen LogP contribution is -2.36. The number of ketones is 1. The van der Waals surface area contributed by atoms with Crippen molar-refractivity contribution in [3.8, 4) is 5.75 Å². The van der Waals surface area contributed by atoms with Crippen LogP contribution in [0.25, 0.3) is 6.08 Å². The zero-order chi connectivity index (χ0) is 20.7. The van der Waals surface area contributed by atoms with Crippen LogP contribution in [0.3, 0.4) is 0 Å². The van der Waals surface area contributed by atoms with Crippen LogP contribution in [0.2, 0.25) is 0 Å². The molecule has 146 valence electrons. The molecule has 2 amide bonds. The number of carbonyl (C=O) groups is 3.